The third-order valence-electron chi connectivity index (χ3n) is 4.71. The van der Waals surface area contributed by atoms with Crippen LogP contribution in [0.2, 0.25) is 0 Å². The molecule has 0 aliphatic carbocycles. The fourth-order valence-corrected chi connectivity index (χ4v) is 3.08. The first-order chi connectivity index (χ1) is 13.3. The first-order valence-corrected chi connectivity index (χ1v) is 9.22. The van der Waals surface area contributed by atoms with Gasteiger partial charge in [0, 0.05) is 6.42 Å². The number of ether oxygens (including phenoxy) is 3. The van der Waals surface area contributed by atoms with Crippen LogP contribution in [0.5, 0.6) is 0 Å². The molecular formula is C22H24O6. The highest BCUT2D eigenvalue weighted by Gasteiger charge is 2.41. The van der Waals surface area contributed by atoms with Crippen LogP contribution in [0, 0.1) is 13.8 Å². The van der Waals surface area contributed by atoms with Gasteiger partial charge in [-0.25, -0.2) is 9.59 Å². The third kappa shape index (κ3) is 4.77. The standard InChI is InChI=1S/C22H24O6/c1-13-4-8-16(9-5-13)21(24)27-18-12-19(23)26-15(3)20(18)28-22(25)17-10-6-14(2)7-11-17/h4-11,15,18-20,23H,12H2,1-3H3. The second kappa shape index (κ2) is 8.54. The van der Waals surface area contributed by atoms with Crippen LogP contribution in [0.3, 0.4) is 0 Å². The zero-order valence-corrected chi connectivity index (χ0v) is 16.1. The number of benzene rings is 2. The third-order valence-corrected chi connectivity index (χ3v) is 4.71. The molecule has 1 N–H and O–H groups in total. The summed E-state index contributed by atoms with van der Waals surface area (Å²) in [7, 11) is 0. The molecule has 1 aliphatic rings. The van der Waals surface area contributed by atoms with Crippen LogP contribution in [0.15, 0.2) is 48.5 Å². The zero-order chi connectivity index (χ0) is 20.3. The van der Waals surface area contributed by atoms with Crippen molar-refractivity contribution >= 4 is 11.9 Å². The minimum Gasteiger partial charge on any atom is -0.455 e. The number of aliphatic hydroxyl groups excluding tert-OH is 1. The van der Waals surface area contributed by atoms with Crippen LogP contribution < -0.4 is 0 Å². The average Bonchev–Trinajstić information content (AvgIpc) is 2.65. The van der Waals surface area contributed by atoms with Crippen LogP contribution in [0.4, 0.5) is 0 Å². The molecule has 0 bridgehead atoms. The van der Waals surface area contributed by atoms with Gasteiger partial charge in [0.2, 0.25) is 0 Å². The van der Waals surface area contributed by atoms with E-state index in [-0.39, 0.29) is 6.42 Å². The molecule has 1 aliphatic heterocycles. The molecule has 0 spiro atoms. The van der Waals surface area contributed by atoms with E-state index >= 15 is 0 Å². The monoisotopic (exact) mass is 384 g/mol. The SMILES string of the molecule is Cc1ccc(C(=O)OC2CC(O)OC(C)C2OC(=O)c2ccc(C)cc2)cc1. The highest BCUT2D eigenvalue weighted by molar-refractivity contribution is 5.90. The maximum absolute atomic E-state index is 12.5. The van der Waals surface area contributed by atoms with Crippen molar-refractivity contribution in [1.82, 2.24) is 0 Å². The Hall–Kier alpha value is -2.70. The minimum atomic E-state index is -1.10. The van der Waals surface area contributed by atoms with Crippen molar-refractivity contribution in [3.8, 4) is 0 Å². The molecule has 148 valence electrons. The lowest BCUT2D eigenvalue weighted by Gasteiger charge is -2.37. The Balaban J connectivity index is 1.74. The molecule has 6 heteroatoms. The van der Waals surface area contributed by atoms with Gasteiger partial charge in [-0.3, -0.25) is 0 Å². The van der Waals surface area contributed by atoms with E-state index in [0.29, 0.717) is 11.1 Å². The lowest BCUT2D eigenvalue weighted by atomic mass is 10.0. The number of esters is 2. The number of carbonyl (C=O) groups is 2. The van der Waals surface area contributed by atoms with Crippen LogP contribution in [0.1, 0.15) is 45.2 Å². The molecule has 1 saturated heterocycles. The molecule has 4 unspecified atom stereocenters. The van der Waals surface area contributed by atoms with E-state index in [1.165, 1.54) is 0 Å². The molecule has 6 nitrogen and oxygen atoms in total. The molecule has 2 aromatic carbocycles. The number of hydrogen-bond acceptors (Lipinski definition) is 6. The molecule has 2 aromatic rings. The van der Waals surface area contributed by atoms with Crippen molar-refractivity contribution < 1.29 is 28.9 Å². The number of aliphatic hydroxyl groups is 1. The lowest BCUT2D eigenvalue weighted by Crippen LogP contribution is -2.51. The summed E-state index contributed by atoms with van der Waals surface area (Å²) in [4.78, 5) is 25.0. The number of aryl methyl sites for hydroxylation is 2. The predicted molar refractivity (Wildman–Crippen MR) is 102 cm³/mol. The lowest BCUT2D eigenvalue weighted by molar-refractivity contribution is -0.226. The molecular weight excluding hydrogens is 360 g/mol. The Morgan fingerprint density at radius 3 is 1.86 bits per heavy atom. The Bertz CT molecular complexity index is 827. The Morgan fingerprint density at radius 2 is 1.36 bits per heavy atom. The minimum absolute atomic E-state index is 0.0216. The Kier molecular flexibility index (Phi) is 6.11. The number of rotatable bonds is 4. The first kappa shape index (κ1) is 20.0. The normalized spacial score (nSPS) is 24.4. The van der Waals surface area contributed by atoms with Crippen molar-refractivity contribution in [2.45, 2.75) is 51.8 Å². The smallest absolute Gasteiger partial charge is 0.338 e. The summed E-state index contributed by atoms with van der Waals surface area (Å²) in [5.41, 5.74) is 2.84. The fraction of sp³-hybridized carbons (Fsp3) is 0.364. The molecule has 3 rings (SSSR count). The van der Waals surface area contributed by atoms with E-state index < -0.39 is 36.5 Å². The van der Waals surface area contributed by atoms with E-state index in [0.717, 1.165) is 11.1 Å². The van der Waals surface area contributed by atoms with Crippen LogP contribution in [-0.4, -0.2) is 41.6 Å². The van der Waals surface area contributed by atoms with E-state index in [2.05, 4.69) is 0 Å². The average molecular weight is 384 g/mol. The van der Waals surface area contributed by atoms with Crippen molar-refractivity contribution in [2.75, 3.05) is 0 Å². The van der Waals surface area contributed by atoms with Gasteiger partial charge >= 0.3 is 11.9 Å². The Morgan fingerprint density at radius 1 is 0.893 bits per heavy atom. The molecule has 1 fully saturated rings. The van der Waals surface area contributed by atoms with Gasteiger partial charge in [-0.05, 0) is 45.0 Å². The Labute approximate surface area is 164 Å². The van der Waals surface area contributed by atoms with Crippen LogP contribution >= 0.6 is 0 Å². The van der Waals surface area contributed by atoms with Crippen molar-refractivity contribution in [3.05, 3.63) is 70.8 Å². The van der Waals surface area contributed by atoms with Gasteiger partial charge < -0.3 is 19.3 Å². The van der Waals surface area contributed by atoms with Crippen molar-refractivity contribution in [1.29, 1.82) is 0 Å². The van der Waals surface area contributed by atoms with Gasteiger partial charge in [-0.1, -0.05) is 35.4 Å². The summed E-state index contributed by atoms with van der Waals surface area (Å²) >= 11 is 0. The number of hydrogen-bond donors (Lipinski definition) is 1. The molecule has 0 amide bonds. The predicted octanol–water partition coefficient (Wildman–Crippen LogP) is 3.18. The molecule has 28 heavy (non-hydrogen) atoms. The number of carbonyl (C=O) groups excluding carboxylic acids is 2. The van der Waals surface area contributed by atoms with Gasteiger partial charge in [0.1, 0.15) is 6.10 Å². The summed E-state index contributed by atoms with van der Waals surface area (Å²) in [6, 6.07) is 13.9. The molecule has 0 saturated carbocycles. The second-order valence-electron chi connectivity index (χ2n) is 7.08. The molecule has 4 atom stereocenters. The highest BCUT2D eigenvalue weighted by atomic mass is 16.7. The van der Waals surface area contributed by atoms with E-state index in [1.807, 2.05) is 38.1 Å². The summed E-state index contributed by atoms with van der Waals surface area (Å²) < 4.78 is 16.5. The van der Waals surface area contributed by atoms with E-state index in [1.54, 1.807) is 31.2 Å². The topological polar surface area (TPSA) is 82.1 Å². The quantitative estimate of drug-likeness (QED) is 0.816. The van der Waals surface area contributed by atoms with E-state index in [9.17, 15) is 14.7 Å². The van der Waals surface area contributed by atoms with Gasteiger partial charge in [0.05, 0.1) is 17.2 Å². The van der Waals surface area contributed by atoms with Crippen LogP contribution in [-0.2, 0) is 14.2 Å². The molecule has 0 aromatic heterocycles. The zero-order valence-electron chi connectivity index (χ0n) is 16.1. The maximum Gasteiger partial charge on any atom is 0.338 e. The first-order valence-electron chi connectivity index (χ1n) is 9.22. The largest absolute Gasteiger partial charge is 0.455 e. The summed E-state index contributed by atoms with van der Waals surface area (Å²) in [6.45, 7) is 5.52. The molecule has 0 radical (unpaired) electrons. The highest BCUT2D eigenvalue weighted by Crippen LogP contribution is 2.26. The fourth-order valence-electron chi connectivity index (χ4n) is 3.08. The summed E-state index contributed by atoms with van der Waals surface area (Å²) in [6.07, 6.45) is -3.35. The molecule has 1 heterocycles. The summed E-state index contributed by atoms with van der Waals surface area (Å²) in [5, 5.41) is 9.92. The van der Waals surface area contributed by atoms with Crippen LogP contribution in [0.25, 0.3) is 0 Å². The second-order valence-corrected chi connectivity index (χ2v) is 7.08. The summed E-state index contributed by atoms with van der Waals surface area (Å²) in [5.74, 6) is -1.07. The van der Waals surface area contributed by atoms with Crippen molar-refractivity contribution in [3.63, 3.8) is 0 Å². The van der Waals surface area contributed by atoms with Gasteiger partial charge in [-0.15, -0.1) is 0 Å². The van der Waals surface area contributed by atoms with Gasteiger partial charge in [0.25, 0.3) is 0 Å². The van der Waals surface area contributed by atoms with E-state index in [4.69, 9.17) is 14.2 Å². The van der Waals surface area contributed by atoms with Gasteiger partial charge in [-0.2, -0.15) is 0 Å². The van der Waals surface area contributed by atoms with Crippen molar-refractivity contribution in [2.24, 2.45) is 0 Å². The maximum atomic E-state index is 12.5. The van der Waals surface area contributed by atoms with Gasteiger partial charge in [0.15, 0.2) is 12.4 Å².